The number of carbonyl (C=O) groups excluding carboxylic acids is 2. The first-order chi connectivity index (χ1) is 15.3. The number of rotatable bonds is 9. The Labute approximate surface area is 187 Å². The van der Waals surface area contributed by atoms with E-state index in [1.807, 2.05) is 44.2 Å². The zero-order valence-electron chi connectivity index (χ0n) is 18.4. The molecule has 0 spiro atoms. The van der Waals surface area contributed by atoms with Gasteiger partial charge in [-0.05, 0) is 48.7 Å². The van der Waals surface area contributed by atoms with Crippen LogP contribution in [-0.2, 0) is 9.59 Å². The van der Waals surface area contributed by atoms with Crippen LogP contribution >= 0.6 is 0 Å². The summed E-state index contributed by atoms with van der Waals surface area (Å²) in [5, 5.41) is 9.06. The van der Waals surface area contributed by atoms with Crippen LogP contribution in [0.3, 0.4) is 0 Å². The third-order valence-corrected chi connectivity index (χ3v) is 5.57. The smallest absolute Gasteiger partial charge is 0.305 e. The van der Waals surface area contributed by atoms with E-state index >= 15 is 0 Å². The summed E-state index contributed by atoms with van der Waals surface area (Å²) < 4.78 is 5.52. The number of anilines is 1. The first-order valence-electron chi connectivity index (χ1n) is 10.8. The van der Waals surface area contributed by atoms with Gasteiger partial charge >= 0.3 is 5.97 Å². The van der Waals surface area contributed by atoms with Gasteiger partial charge in [0.25, 0.3) is 5.91 Å². The number of nitrogens with two attached hydrogens (primary N) is 1. The summed E-state index contributed by atoms with van der Waals surface area (Å²) in [6.45, 7) is 4.61. The SMILES string of the molecule is CCC(C)N1C(=O)CN(CCC(=O)O)C(=O)c2cc(-c3ccc(OCCN)cc3)ccc21. The molecule has 1 unspecified atom stereocenters. The van der Waals surface area contributed by atoms with Gasteiger partial charge in [0.05, 0.1) is 17.7 Å². The minimum absolute atomic E-state index is 0.0227. The van der Waals surface area contributed by atoms with E-state index in [0.29, 0.717) is 30.2 Å². The van der Waals surface area contributed by atoms with E-state index in [1.165, 1.54) is 4.90 Å². The summed E-state index contributed by atoms with van der Waals surface area (Å²) >= 11 is 0. The molecule has 32 heavy (non-hydrogen) atoms. The first-order valence-corrected chi connectivity index (χ1v) is 10.8. The maximum Gasteiger partial charge on any atom is 0.305 e. The summed E-state index contributed by atoms with van der Waals surface area (Å²) in [6, 6.07) is 12.8. The van der Waals surface area contributed by atoms with E-state index in [4.69, 9.17) is 15.6 Å². The highest BCUT2D eigenvalue weighted by atomic mass is 16.5. The summed E-state index contributed by atoms with van der Waals surface area (Å²) in [4.78, 5) is 40.4. The Balaban J connectivity index is 2.01. The van der Waals surface area contributed by atoms with Crippen LogP contribution in [0.2, 0.25) is 0 Å². The molecule has 0 saturated carbocycles. The Morgan fingerprint density at radius 1 is 1.16 bits per heavy atom. The van der Waals surface area contributed by atoms with Crippen LogP contribution in [0.25, 0.3) is 11.1 Å². The zero-order valence-corrected chi connectivity index (χ0v) is 18.4. The Morgan fingerprint density at radius 2 is 1.84 bits per heavy atom. The molecule has 1 heterocycles. The standard InChI is InChI=1S/C24H29N3O5/c1-3-16(2)27-21-9-6-18(17-4-7-19(8-5-17)32-13-11-25)14-20(21)24(31)26(15-22(27)28)12-10-23(29)30/h4-9,14,16H,3,10-13,15,25H2,1-2H3,(H,29,30). The molecule has 8 nitrogen and oxygen atoms in total. The average Bonchev–Trinajstić information content (AvgIpc) is 2.90. The van der Waals surface area contributed by atoms with Crippen molar-refractivity contribution in [3.63, 3.8) is 0 Å². The summed E-state index contributed by atoms with van der Waals surface area (Å²) in [7, 11) is 0. The number of fused-ring (bicyclic) bond motifs is 1. The fourth-order valence-corrected chi connectivity index (χ4v) is 3.71. The number of hydrogen-bond donors (Lipinski definition) is 2. The Kier molecular flexibility index (Phi) is 7.48. The first kappa shape index (κ1) is 23.3. The van der Waals surface area contributed by atoms with Crippen LogP contribution in [0.1, 0.15) is 37.0 Å². The number of carbonyl (C=O) groups is 3. The molecule has 0 bridgehead atoms. The maximum atomic E-state index is 13.3. The fourth-order valence-electron chi connectivity index (χ4n) is 3.71. The van der Waals surface area contributed by atoms with Crippen LogP contribution in [0.15, 0.2) is 42.5 Å². The molecule has 2 aromatic carbocycles. The highest BCUT2D eigenvalue weighted by molar-refractivity contribution is 6.10. The van der Waals surface area contributed by atoms with Gasteiger partial charge in [-0.25, -0.2) is 0 Å². The molecule has 0 fully saturated rings. The minimum Gasteiger partial charge on any atom is -0.492 e. The predicted molar refractivity (Wildman–Crippen MR) is 122 cm³/mol. The van der Waals surface area contributed by atoms with Crippen LogP contribution in [0, 0.1) is 0 Å². The van der Waals surface area contributed by atoms with Crippen LogP contribution in [0.4, 0.5) is 5.69 Å². The normalized spacial score (nSPS) is 14.7. The fraction of sp³-hybridized carbons (Fsp3) is 0.375. The van der Waals surface area contributed by atoms with E-state index in [2.05, 4.69) is 0 Å². The number of amides is 2. The van der Waals surface area contributed by atoms with E-state index in [-0.39, 0.29) is 37.4 Å². The van der Waals surface area contributed by atoms with Crippen molar-refractivity contribution in [1.82, 2.24) is 4.90 Å². The molecule has 1 aliphatic heterocycles. The molecular formula is C24H29N3O5. The lowest BCUT2D eigenvalue weighted by molar-refractivity contribution is -0.137. The molecular weight excluding hydrogens is 410 g/mol. The van der Waals surface area contributed by atoms with Gasteiger partial charge in [0.1, 0.15) is 18.9 Å². The van der Waals surface area contributed by atoms with Crippen LogP contribution in [-0.4, -0.2) is 60.1 Å². The highest BCUT2D eigenvalue weighted by Gasteiger charge is 2.33. The number of aliphatic carboxylic acids is 1. The molecule has 0 aromatic heterocycles. The Hall–Kier alpha value is -3.39. The molecule has 0 aliphatic carbocycles. The minimum atomic E-state index is -1.01. The second-order valence-corrected chi connectivity index (χ2v) is 7.78. The van der Waals surface area contributed by atoms with E-state index < -0.39 is 5.97 Å². The molecule has 0 radical (unpaired) electrons. The summed E-state index contributed by atoms with van der Waals surface area (Å²) in [6.07, 6.45) is 0.502. The molecule has 2 amide bonds. The Morgan fingerprint density at radius 3 is 2.47 bits per heavy atom. The van der Waals surface area contributed by atoms with E-state index in [0.717, 1.165) is 17.5 Å². The molecule has 2 aromatic rings. The van der Waals surface area contributed by atoms with Crippen LogP contribution < -0.4 is 15.4 Å². The lowest BCUT2D eigenvalue weighted by atomic mass is 10.00. The second kappa shape index (κ2) is 10.3. The van der Waals surface area contributed by atoms with Gasteiger partial charge in [-0.3, -0.25) is 14.4 Å². The summed E-state index contributed by atoms with van der Waals surface area (Å²) in [5.41, 5.74) is 8.12. The monoisotopic (exact) mass is 439 g/mol. The average molecular weight is 440 g/mol. The highest BCUT2D eigenvalue weighted by Crippen LogP contribution is 2.33. The zero-order chi connectivity index (χ0) is 23.3. The van der Waals surface area contributed by atoms with Crippen molar-refractivity contribution in [2.45, 2.75) is 32.7 Å². The molecule has 3 rings (SSSR count). The third-order valence-electron chi connectivity index (χ3n) is 5.57. The quantitative estimate of drug-likeness (QED) is 0.621. The van der Waals surface area contributed by atoms with E-state index in [1.54, 1.807) is 17.0 Å². The lowest BCUT2D eigenvalue weighted by Gasteiger charge is -2.28. The largest absolute Gasteiger partial charge is 0.492 e. The third kappa shape index (κ3) is 5.08. The lowest BCUT2D eigenvalue weighted by Crippen LogP contribution is -2.43. The van der Waals surface area contributed by atoms with Crippen molar-refractivity contribution < 1.29 is 24.2 Å². The summed E-state index contributed by atoms with van der Waals surface area (Å²) in [5.74, 6) is -0.867. The number of ether oxygens (including phenoxy) is 1. The molecule has 170 valence electrons. The topological polar surface area (TPSA) is 113 Å². The van der Waals surface area contributed by atoms with Crippen molar-refractivity contribution in [2.75, 3.05) is 31.1 Å². The van der Waals surface area contributed by atoms with Gasteiger partial charge in [0.2, 0.25) is 5.91 Å². The van der Waals surface area contributed by atoms with E-state index in [9.17, 15) is 14.4 Å². The maximum absolute atomic E-state index is 13.3. The molecule has 1 aliphatic rings. The second-order valence-electron chi connectivity index (χ2n) is 7.78. The number of hydrogen-bond acceptors (Lipinski definition) is 5. The van der Waals surface area contributed by atoms with Crippen molar-refractivity contribution in [3.8, 4) is 16.9 Å². The van der Waals surface area contributed by atoms with Crippen molar-refractivity contribution in [1.29, 1.82) is 0 Å². The van der Waals surface area contributed by atoms with Crippen LogP contribution in [0.5, 0.6) is 5.75 Å². The van der Waals surface area contributed by atoms with Gasteiger partial charge in [-0.15, -0.1) is 0 Å². The van der Waals surface area contributed by atoms with Crippen molar-refractivity contribution in [2.24, 2.45) is 5.73 Å². The number of carboxylic acid groups (broad SMARTS) is 1. The molecule has 1 atom stereocenters. The predicted octanol–water partition coefficient (Wildman–Crippen LogP) is 2.75. The molecule has 8 heteroatoms. The number of nitrogens with zero attached hydrogens (tertiary/aromatic N) is 2. The Bertz CT molecular complexity index is 990. The van der Waals surface area contributed by atoms with Gasteiger partial charge in [0, 0.05) is 19.1 Å². The van der Waals surface area contributed by atoms with Gasteiger partial charge in [-0.1, -0.05) is 25.1 Å². The number of carboxylic acids is 1. The van der Waals surface area contributed by atoms with Crippen molar-refractivity contribution >= 4 is 23.5 Å². The molecule has 0 saturated heterocycles. The van der Waals surface area contributed by atoms with Gasteiger partial charge in [0.15, 0.2) is 0 Å². The van der Waals surface area contributed by atoms with Gasteiger partial charge < -0.3 is 25.4 Å². The van der Waals surface area contributed by atoms with Crippen molar-refractivity contribution in [3.05, 3.63) is 48.0 Å². The van der Waals surface area contributed by atoms with Gasteiger partial charge in [-0.2, -0.15) is 0 Å². The molecule has 3 N–H and O–H groups in total. The number of benzene rings is 2.